The van der Waals surface area contributed by atoms with Crippen LogP contribution in [0.25, 0.3) is 0 Å². The van der Waals surface area contributed by atoms with E-state index >= 15 is 0 Å². The summed E-state index contributed by atoms with van der Waals surface area (Å²) in [6.45, 7) is 10.7. The van der Waals surface area contributed by atoms with Gasteiger partial charge in [-0.05, 0) is 45.7 Å². The molecule has 1 fully saturated rings. The number of hydrogen-bond acceptors (Lipinski definition) is 4. The summed E-state index contributed by atoms with van der Waals surface area (Å²) in [6, 6.07) is 0. The Bertz CT molecular complexity index is 430. The monoisotopic (exact) mass is 282 g/mol. The zero-order valence-corrected chi connectivity index (χ0v) is 12.8. The zero-order chi connectivity index (χ0) is 13.8. The fraction of sp³-hybridized carbons (Fsp3) is 0.714. The van der Waals surface area contributed by atoms with Crippen LogP contribution >= 0.6 is 11.6 Å². The van der Waals surface area contributed by atoms with E-state index < -0.39 is 0 Å². The summed E-state index contributed by atoms with van der Waals surface area (Å²) >= 11 is 6.11. The Morgan fingerprint density at radius 1 is 1.21 bits per heavy atom. The van der Waals surface area contributed by atoms with Gasteiger partial charge in [0.2, 0.25) is 0 Å². The Morgan fingerprint density at radius 3 is 2.53 bits per heavy atom. The maximum absolute atomic E-state index is 6.11. The number of likely N-dealkylation sites (tertiary alicyclic amines) is 1. The Kier molecular flexibility index (Phi) is 4.99. The standard InChI is InChI=1S/C14H23ClN4/c1-10(9-19-6-4-5-7-19)8-16-14-13(15)17-11(2)12(3)18-14/h10H,4-9H2,1-3H3,(H,16,18). The van der Waals surface area contributed by atoms with Crippen molar-refractivity contribution in [1.29, 1.82) is 0 Å². The van der Waals surface area contributed by atoms with E-state index in [0.717, 1.165) is 24.5 Å². The van der Waals surface area contributed by atoms with Crippen LogP contribution in [0.4, 0.5) is 5.82 Å². The van der Waals surface area contributed by atoms with E-state index in [0.29, 0.717) is 16.9 Å². The van der Waals surface area contributed by atoms with Crippen LogP contribution in [0.2, 0.25) is 5.15 Å². The van der Waals surface area contributed by atoms with Gasteiger partial charge < -0.3 is 10.2 Å². The molecule has 1 aromatic rings. The van der Waals surface area contributed by atoms with Crippen LogP contribution in [-0.4, -0.2) is 41.0 Å². The highest BCUT2D eigenvalue weighted by molar-refractivity contribution is 6.31. The summed E-state index contributed by atoms with van der Waals surface area (Å²) in [5, 5.41) is 3.79. The highest BCUT2D eigenvalue weighted by atomic mass is 35.5. The van der Waals surface area contributed by atoms with E-state index in [1.54, 1.807) is 0 Å². The van der Waals surface area contributed by atoms with Crippen molar-refractivity contribution < 1.29 is 0 Å². The first-order valence-electron chi connectivity index (χ1n) is 7.03. The molecule has 1 N–H and O–H groups in total. The SMILES string of the molecule is Cc1nc(Cl)c(NCC(C)CN2CCCC2)nc1C. The minimum atomic E-state index is 0.469. The summed E-state index contributed by atoms with van der Waals surface area (Å²) in [4.78, 5) is 11.3. The van der Waals surface area contributed by atoms with Crippen molar-refractivity contribution in [3.05, 3.63) is 16.5 Å². The molecule has 0 saturated carbocycles. The van der Waals surface area contributed by atoms with E-state index in [2.05, 4.69) is 27.1 Å². The van der Waals surface area contributed by atoms with Crippen LogP contribution in [0.15, 0.2) is 0 Å². The highest BCUT2D eigenvalue weighted by Crippen LogP contribution is 2.19. The van der Waals surface area contributed by atoms with Crippen molar-refractivity contribution in [2.45, 2.75) is 33.6 Å². The number of aryl methyl sites for hydroxylation is 2. The number of hydrogen-bond donors (Lipinski definition) is 1. The first kappa shape index (κ1) is 14.5. The molecule has 1 aliphatic rings. The number of anilines is 1. The van der Waals surface area contributed by atoms with Crippen molar-refractivity contribution in [3.63, 3.8) is 0 Å². The quantitative estimate of drug-likeness (QED) is 0.902. The van der Waals surface area contributed by atoms with Gasteiger partial charge in [-0.15, -0.1) is 0 Å². The van der Waals surface area contributed by atoms with E-state index in [1.807, 2.05) is 13.8 Å². The molecule has 19 heavy (non-hydrogen) atoms. The second kappa shape index (κ2) is 6.53. The number of halogens is 1. The third kappa shape index (κ3) is 4.05. The molecule has 2 rings (SSSR count). The molecular weight excluding hydrogens is 260 g/mol. The van der Waals surface area contributed by atoms with Gasteiger partial charge in [0.05, 0.1) is 11.4 Å². The van der Waals surface area contributed by atoms with Gasteiger partial charge in [0.1, 0.15) is 0 Å². The lowest BCUT2D eigenvalue weighted by Crippen LogP contribution is -2.29. The molecular formula is C14H23ClN4. The van der Waals surface area contributed by atoms with Gasteiger partial charge in [-0.2, -0.15) is 0 Å². The van der Waals surface area contributed by atoms with Gasteiger partial charge in [0.25, 0.3) is 0 Å². The number of aromatic nitrogens is 2. The average molecular weight is 283 g/mol. The minimum absolute atomic E-state index is 0.469. The van der Waals surface area contributed by atoms with Crippen LogP contribution < -0.4 is 5.32 Å². The summed E-state index contributed by atoms with van der Waals surface area (Å²) < 4.78 is 0. The molecule has 4 nitrogen and oxygen atoms in total. The lowest BCUT2D eigenvalue weighted by atomic mass is 10.1. The molecule has 1 atom stereocenters. The molecule has 0 aliphatic carbocycles. The lowest BCUT2D eigenvalue weighted by molar-refractivity contribution is 0.294. The van der Waals surface area contributed by atoms with Crippen LogP contribution in [0.1, 0.15) is 31.2 Å². The first-order chi connectivity index (χ1) is 9.06. The predicted octanol–water partition coefficient (Wildman–Crippen LogP) is 2.89. The fourth-order valence-electron chi connectivity index (χ4n) is 2.43. The Hall–Kier alpha value is -0.870. The Balaban J connectivity index is 1.85. The van der Waals surface area contributed by atoms with E-state index in [1.165, 1.54) is 25.9 Å². The largest absolute Gasteiger partial charge is 0.367 e. The number of rotatable bonds is 5. The van der Waals surface area contributed by atoms with Gasteiger partial charge in [-0.25, -0.2) is 9.97 Å². The maximum Gasteiger partial charge on any atom is 0.171 e. The Labute approximate surface area is 120 Å². The fourth-order valence-corrected chi connectivity index (χ4v) is 2.67. The van der Waals surface area contributed by atoms with Crippen LogP contribution in [0.3, 0.4) is 0 Å². The predicted molar refractivity (Wildman–Crippen MR) is 79.8 cm³/mol. The zero-order valence-electron chi connectivity index (χ0n) is 12.0. The first-order valence-corrected chi connectivity index (χ1v) is 7.41. The Morgan fingerprint density at radius 2 is 1.84 bits per heavy atom. The summed E-state index contributed by atoms with van der Waals surface area (Å²) in [7, 11) is 0. The van der Waals surface area contributed by atoms with Crippen LogP contribution in [0, 0.1) is 19.8 Å². The molecule has 1 saturated heterocycles. The molecule has 1 unspecified atom stereocenters. The molecule has 5 heteroatoms. The van der Waals surface area contributed by atoms with Gasteiger partial charge in [0, 0.05) is 13.1 Å². The van der Waals surface area contributed by atoms with E-state index in [-0.39, 0.29) is 0 Å². The topological polar surface area (TPSA) is 41.1 Å². The third-order valence-electron chi connectivity index (χ3n) is 3.65. The maximum atomic E-state index is 6.11. The molecule has 0 aromatic carbocycles. The lowest BCUT2D eigenvalue weighted by Gasteiger charge is -2.21. The summed E-state index contributed by atoms with van der Waals surface area (Å²) in [5.74, 6) is 1.29. The van der Waals surface area contributed by atoms with Gasteiger partial charge in [-0.3, -0.25) is 0 Å². The summed E-state index contributed by atoms with van der Waals surface area (Å²) in [5.41, 5.74) is 1.82. The van der Waals surface area contributed by atoms with Crippen molar-refractivity contribution in [2.75, 3.05) is 31.5 Å². The van der Waals surface area contributed by atoms with Gasteiger partial charge >= 0.3 is 0 Å². The van der Waals surface area contributed by atoms with Crippen molar-refractivity contribution in [1.82, 2.24) is 14.9 Å². The smallest absolute Gasteiger partial charge is 0.171 e. The van der Waals surface area contributed by atoms with E-state index in [4.69, 9.17) is 11.6 Å². The molecule has 1 aromatic heterocycles. The summed E-state index contributed by atoms with van der Waals surface area (Å²) in [6.07, 6.45) is 2.68. The third-order valence-corrected chi connectivity index (χ3v) is 3.91. The molecule has 106 valence electrons. The minimum Gasteiger partial charge on any atom is -0.367 e. The molecule has 0 amide bonds. The molecule has 0 spiro atoms. The second-order valence-electron chi connectivity index (χ2n) is 5.53. The van der Waals surface area contributed by atoms with Crippen molar-refractivity contribution in [3.8, 4) is 0 Å². The van der Waals surface area contributed by atoms with Gasteiger partial charge in [-0.1, -0.05) is 18.5 Å². The average Bonchev–Trinajstić information content (AvgIpc) is 2.85. The molecule has 0 radical (unpaired) electrons. The molecule has 2 heterocycles. The number of nitrogens with zero attached hydrogens (tertiary/aromatic N) is 3. The van der Waals surface area contributed by atoms with Crippen LogP contribution in [-0.2, 0) is 0 Å². The van der Waals surface area contributed by atoms with Crippen molar-refractivity contribution in [2.24, 2.45) is 5.92 Å². The normalized spacial score (nSPS) is 17.7. The van der Waals surface area contributed by atoms with E-state index in [9.17, 15) is 0 Å². The molecule has 1 aliphatic heterocycles. The highest BCUT2D eigenvalue weighted by Gasteiger charge is 2.15. The molecule has 0 bridgehead atoms. The van der Waals surface area contributed by atoms with Gasteiger partial charge in [0.15, 0.2) is 11.0 Å². The number of nitrogens with one attached hydrogen (secondary N) is 1. The van der Waals surface area contributed by atoms with Crippen molar-refractivity contribution >= 4 is 17.4 Å². The van der Waals surface area contributed by atoms with Crippen LogP contribution in [0.5, 0.6) is 0 Å². The second-order valence-corrected chi connectivity index (χ2v) is 5.89.